The van der Waals surface area contributed by atoms with Crippen molar-refractivity contribution in [2.45, 2.75) is 13.1 Å². The quantitative estimate of drug-likeness (QED) is 0.889. The molecule has 0 saturated carbocycles. The minimum Gasteiger partial charge on any atom is -0.308 e. The molecule has 0 radical (unpaired) electrons. The Morgan fingerprint density at radius 3 is 2.65 bits per heavy atom. The number of benzene rings is 1. The first-order valence-electron chi connectivity index (χ1n) is 5.04. The van der Waals surface area contributed by atoms with Crippen LogP contribution in [0.25, 0.3) is 0 Å². The van der Waals surface area contributed by atoms with E-state index in [1.54, 1.807) is 6.07 Å². The van der Waals surface area contributed by atoms with E-state index in [-0.39, 0.29) is 0 Å². The van der Waals surface area contributed by atoms with Gasteiger partial charge in [-0.1, -0.05) is 23.7 Å². The summed E-state index contributed by atoms with van der Waals surface area (Å²) >= 11 is 7.25. The molecule has 1 aromatic heterocycles. The first kappa shape index (κ1) is 12.5. The standard InChI is InChI=1S/C12H10ClF2NS/c13-11-5-4-9(17-11)7-16-6-8-2-1-3-10(14)12(8)15/h1-5,16H,6-7H2. The molecule has 0 unspecified atom stereocenters. The number of nitrogens with one attached hydrogen (secondary N) is 1. The normalized spacial score (nSPS) is 10.8. The van der Waals surface area contributed by atoms with E-state index in [9.17, 15) is 8.78 Å². The summed E-state index contributed by atoms with van der Waals surface area (Å²) in [5.41, 5.74) is 0.327. The number of hydrogen-bond acceptors (Lipinski definition) is 2. The van der Waals surface area contributed by atoms with Crippen LogP contribution in [-0.4, -0.2) is 0 Å². The average molecular weight is 274 g/mol. The molecular formula is C12H10ClF2NS. The summed E-state index contributed by atoms with van der Waals surface area (Å²) in [6, 6.07) is 7.88. The number of halogens is 3. The van der Waals surface area contributed by atoms with E-state index >= 15 is 0 Å². The first-order valence-corrected chi connectivity index (χ1v) is 6.24. The van der Waals surface area contributed by atoms with E-state index < -0.39 is 11.6 Å². The molecule has 0 bridgehead atoms. The van der Waals surface area contributed by atoms with Gasteiger partial charge in [0.25, 0.3) is 0 Å². The van der Waals surface area contributed by atoms with Gasteiger partial charge in [-0.3, -0.25) is 0 Å². The second kappa shape index (κ2) is 5.58. The molecule has 2 rings (SSSR count). The summed E-state index contributed by atoms with van der Waals surface area (Å²) in [5.74, 6) is -1.60. The highest BCUT2D eigenvalue weighted by Gasteiger charge is 2.06. The molecule has 0 aliphatic rings. The van der Waals surface area contributed by atoms with Crippen LogP contribution in [0.3, 0.4) is 0 Å². The molecule has 5 heteroatoms. The number of thiophene rings is 1. The SMILES string of the molecule is Fc1cccc(CNCc2ccc(Cl)s2)c1F. The molecule has 17 heavy (non-hydrogen) atoms. The van der Waals surface area contributed by atoms with Crippen molar-refractivity contribution in [3.8, 4) is 0 Å². The first-order chi connectivity index (χ1) is 8.16. The summed E-state index contributed by atoms with van der Waals surface area (Å²) in [5, 5.41) is 3.04. The smallest absolute Gasteiger partial charge is 0.163 e. The van der Waals surface area contributed by atoms with Crippen LogP contribution < -0.4 is 5.32 Å². The maximum atomic E-state index is 13.3. The highest BCUT2D eigenvalue weighted by molar-refractivity contribution is 7.16. The van der Waals surface area contributed by atoms with Crippen molar-refractivity contribution in [2.75, 3.05) is 0 Å². The average Bonchev–Trinajstić information content (AvgIpc) is 2.70. The maximum absolute atomic E-state index is 13.3. The number of rotatable bonds is 4. The Labute approximate surface area is 107 Å². The fourth-order valence-electron chi connectivity index (χ4n) is 1.45. The summed E-state index contributed by atoms with van der Waals surface area (Å²) in [4.78, 5) is 1.06. The van der Waals surface area contributed by atoms with Gasteiger partial charge in [-0.15, -0.1) is 11.3 Å². The van der Waals surface area contributed by atoms with Gasteiger partial charge in [-0.2, -0.15) is 0 Å². The molecule has 90 valence electrons. The molecule has 1 aromatic carbocycles. The van der Waals surface area contributed by atoms with Crippen molar-refractivity contribution < 1.29 is 8.78 Å². The molecule has 0 atom stereocenters. The van der Waals surface area contributed by atoms with Gasteiger partial charge in [0.2, 0.25) is 0 Å². The van der Waals surface area contributed by atoms with Crippen LogP contribution in [0.1, 0.15) is 10.4 Å². The van der Waals surface area contributed by atoms with Crippen molar-refractivity contribution in [2.24, 2.45) is 0 Å². The van der Waals surface area contributed by atoms with E-state index in [0.29, 0.717) is 18.7 Å². The molecule has 0 saturated heterocycles. The van der Waals surface area contributed by atoms with Crippen LogP contribution in [0.15, 0.2) is 30.3 Å². The molecule has 1 heterocycles. The number of hydrogen-bond donors (Lipinski definition) is 1. The van der Waals surface area contributed by atoms with E-state index in [0.717, 1.165) is 15.3 Å². The highest BCUT2D eigenvalue weighted by atomic mass is 35.5. The molecule has 1 nitrogen and oxygen atoms in total. The van der Waals surface area contributed by atoms with E-state index in [1.807, 2.05) is 12.1 Å². The molecule has 0 amide bonds. The van der Waals surface area contributed by atoms with E-state index in [4.69, 9.17) is 11.6 Å². The second-order valence-electron chi connectivity index (χ2n) is 3.52. The van der Waals surface area contributed by atoms with Gasteiger partial charge in [-0.05, 0) is 18.2 Å². The maximum Gasteiger partial charge on any atom is 0.163 e. The fraction of sp³-hybridized carbons (Fsp3) is 0.167. The van der Waals surface area contributed by atoms with Crippen LogP contribution >= 0.6 is 22.9 Å². The van der Waals surface area contributed by atoms with Gasteiger partial charge in [-0.25, -0.2) is 8.78 Å². The Morgan fingerprint density at radius 1 is 1.12 bits per heavy atom. The van der Waals surface area contributed by atoms with Gasteiger partial charge in [0.05, 0.1) is 4.34 Å². The Bertz CT molecular complexity index is 513. The third-order valence-electron chi connectivity index (χ3n) is 2.28. The Hall–Kier alpha value is -0.970. The molecule has 0 spiro atoms. The lowest BCUT2D eigenvalue weighted by Gasteiger charge is -2.05. The topological polar surface area (TPSA) is 12.0 Å². The second-order valence-corrected chi connectivity index (χ2v) is 5.32. The zero-order valence-corrected chi connectivity index (χ0v) is 10.4. The van der Waals surface area contributed by atoms with Crippen LogP contribution in [0.2, 0.25) is 4.34 Å². The summed E-state index contributed by atoms with van der Waals surface area (Å²) in [6.45, 7) is 0.881. The Balaban J connectivity index is 1.92. The van der Waals surface area contributed by atoms with Gasteiger partial charge in [0.1, 0.15) is 0 Å². The minimum atomic E-state index is -0.816. The lowest BCUT2D eigenvalue weighted by Crippen LogP contribution is -2.13. The third-order valence-corrected chi connectivity index (χ3v) is 3.51. The molecule has 0 aliphatic carbocycles. The molecule has 0 fully saturated rings. The van der Waals surface area contributed by atoms with Gasteiger partial charge in [0, 0.05) is 23.5 Å². The van der Waals surface area contributed by atoms with Crippen molar-refractivity contribution in [1.29, 1.82) is 0 Å². The van der Waals surface area contributed by atoms with Crippen LogP contribution in [0.4, 0.5) is 8.78 Å². The Morgan fingerprint density at radius 2 is 1.94 bits per heavy atom. The van der Waals surface area contributed by atoms with Crippen molar-refractivity contribution in [3.05, 3.63) is 56.7 Å². The lowest BCUT2D eigenvalue weighted by molar-refractivity contribution is 0.493. The van der Waals surface area contributed by atoms with Crippen LogP contribution in [0.5, 0.6) is 0 Å². The predicted molar refractivity (Wildman–Crippen MR) is 66.2 cm³/mol. The van der Waals surface area contributed by atoms with Crippen molar-refractivity contribution in [1.82, 2.24) is 5.32 Å². The highest BCUT2D eigenvalue weighted by Crippen LogP contribution is 2.21. The molecular weight excluding hydrogens is 264 g/mol. The summed E-state index contributed by atoms with van der Waals surface area (Å²) < 4.78 is 26.9. The Kier molecular flexibility index (Phi) is 4.10. The van der Waals surface area contributed by atoms with Crippen LogP contribution in [-0.2, 0) is 13.1 Å². The zero-order chi connectivity index (χ0) is 12.3. The van der Waals surface area contributed by atoms with Crippen molar-refractivity contribution in [3.63, 3.8) is 0 Å². The largest absolute Gasteiger partial charge is 0.308 e. The lowest BCUT2D eigenvalue weighted by atomic mass is 10.2. The van der Waals surface area contributed by atoms with Crippen molar-refractivity contribution >= 4 is 22.9 Å². The predicted octanol–water partition coefficient (Wildman–Crippen LogP) is 3.97. The third kappa shape index (κ3) is 3.25. The van der Waals surface area contributed by atoms with E-state index in [1.165, 1.54) is 17.4 Å². The van der Waals surface area contributed by atoms with Gasteiger partial charge >= 0.3 is 0 Å². The van der Waals surface area contributed by atoms with E-state index in [2.05, 4.69) is 5.32 Å². The molecule has 0 aliphatic heterocycles. The molecule has 1 N–H and O–H groups in total. The fourth-order valence-corrected chi connectivity index (χ4v) is 2.51. The minimum absolute atomic E-state index is 0.291. The monoisotopic (exact) mass is 273 g/mol. The van der Waals surface area contributed by atoms with Crippen LogP contribution in [0, 0.1) is 11.6 Å². The molecule has 2 aromatic rings. The van der Waals surface area contributed by atoms with Gasteiger partial charge < -0.3 is 5.32 Å². The van der Waals surface area contributed by atoms with Gasteiger partial charge in [0.15, 0.2) is 11.6 Å². The summed E-state index contributed by atoms with van der Waals surface area (Å²) in [7, 11) is 0. The zero-order valence-electron chi connectivity index (χ0n) is 8.84. The summed E-state index contributed by atoms with van der Waals surface area (Å²) in [6.07, 6.45) is 0.